The van der Waals surface area contributed by atoms with Crippen molar-refractivity contribution in [1.29, 1.82) is 0 Å². The molecular formula is C12H22N4. The molecule has 1 N–H and O–H groups in total. The van der Waals surface area contributed by atoms with Crippen LogP contribution in [0.2, 0.25) is 0 Å². The van der Waals surface area contributed by atoms with Gasteiger partial charge in [-0.15, -0.1) is 0 Å². The van der Waals surface area contributed by atoms with Crippen LogP contribution in [0.4, 0.5) is 0 Å². The lowest BCUT2D eigenvalue weighted by Crippen LogP contribution is -2.48. The van der Waals surface area contributed by atoms with Crippen LogP contribution in [0.15, 0.2) is 12.4 Å². The van der Waals surface area contributed by atoms with Crippen LogP contribution in [0.3, 0.4) is 0 Å². The number of imidazole rings is 1. The third-order valence-electron chi connectivity index (χ3n) is 3.43. The van der Waals surface area contributed by atoms with Crippen LogP contribution in [0, 0.1) is 5.92 Å². The van der Waals surface area contributed by atoms with Crippen LogP contribution in [-0.4, -0.2) is 40.6 Å². The van der Waals surface area contributed by atoms with E-state index < -0.39 is 0 Å². The minimum atomic E-state index is 0.607. The van der Waals surface area contributed by atoms with Gasteiger partial charge in [-0.2, -0.15) is 0 Å². The lowest BCUT2D eigenvalue weighted by molar-refractivity contribution is 0.118. The van der Waals surface area contributed by atoms with E-state index in [1.807, 2.05) is 13.2 Å². The Bertz CT molecular complexity index is 332. The molecule has 2 rings (SSSR count). The number of likely N-dealkylation sites (N-methyl/N-ethyl adjacent to an activating group) is 1. The standard InChI is InChI=1S/C12H22N4/c1-10(2)11(8-13-3)16-7-6-15-5-4-14-12(15)9-16/h4-5,10-11,13H,6-9H2,1-3H3. The molecule has 1 aromatic rings. The maximum atomic E-state index is 4.41. The van der Waals surface area contributed by atoms with E-state index in [1.54, 1.807) is 0 Å². The summed E-state index contributed by atoms with van der Waals surface area (Å²) in [5, 5.41) is 3.30. The quantitative estimate of drug-likeness (QED) is 0.823. The van der Waals surface area contributed by atoms with E-state index in [4.69, 9.17) is 0 Å². The fourth-order valence-corrected chi connectivity index (χ4v) is 2.47. The SMILES string of the molecule is CNCC(C(C)C)N1CCn2ccnc2C1. The molecule has 16 heavy (non-hydrogen) atoms. The fraction of sp³-hybridized carbons (Fsp3) is 0.750. The minimum Gasteiger partial charge on any atom is -0.333 e. The van der Waals surface area contributed by atoms with Crippen LogP contribution in [0.5, 0.6) is 0 Å². The average molecular weight is 222 g/mol. The van der Waals surface area contributed by atoms with Gasteiger partial charge in [-0.1, -0.05) is 13.8 Å². The molecule has 90 valence electrons. The van der Waals surface area contributed by atoms with E-state index in [1.165, 1.54) is 5.82 Å². The molecule has 0 saturated heterocycles. The Morgan fingerprint density at radius 3 is 2.94 bits per heavy atom. The number of rotatable bonds is 4. The normalized spacial score (nSPS) is 18.8. The number of nitrogens with zero attached hydrogens (tertiary/aromatic N) is 3. The summed E-state index contributed by atoms with van der Waals surface area (Å²) in [5.74, 6) is 1.88. The van der Waals surface area contributed by atoms with Gasteiger partial charge in [0, 0.05) is 38.1 Å². The first-order valence-corrected chi connectivity index (χ1v) is 6.11. The zero-order chi connectivity index (χ0) is 11.5. The van der Waals surface area contributed by atoms with Crippen molar-refractivity contribution in [1.82, 2.24) is 19.8 Å². The summed E-state index contributed by atoms with van der Waals surface area (Å²) in [6.07, 6.45) is 3.98. The second kappa shape index (κ2) is 4.97. The Morgan fingerprint density at radius 1 is 1.44 bits per heavy atom. The molecule has 0 bridgehead atoms. The summed E-state index contributed by atoms with van der Waals surface area (Å²) in [6, 6.07) is 0.607. The van der Waals surface area contributed by atoms with Gasteiger partial charge in [-0.3, -0.25) is 4.90 Å². The number of hydrogen-bond donors (Lipinski definition) is 1. The van der Waals surface area contributed by atoms with E-state index in [-0.39, 0.29) is 0 Å². The van der Waals surface area contributed by atoms with Crippen LogP contribution >= 0.6 is 0 Å². The third kappa shape index (κ3) is 2.28. The number of nitrogens with one attached hydrogen (secondary N) is 1. The van der Waals surface area contributed by atoms with Gasteiger partial charge in [0.05, 0.1) is 6.54 Å². The Morgan fingerprint density at radius 2 is 2.25 bits per heavy atom. The van der Waals surface area contributed by atoms with Crippen molar-refractivity contribution in [2.75, 3.05) is 20.1 Å². The van der Waals surface area contributed by atoms with Gasteiger partial charge >= 0.3 is 0 Å². The Hall–Kier alpha value is -0.870. The molecule has 4 heteroatoms. The Labute approximate surface area is 97.7 Å². The molecule has 1 atom stereocenters. The highest BCUT2D eigenvalue weighted by atomic mass is 15.3. The molecule has 0 aromatic carbocycles. The lowest BCUT2D eigenvalue weighted by atomic mass is 10.0. The average Bonchev–Trinajstić information content (AvgIpc) is 2.72. The highest BCUT2D eigenvalue weighted by molar-refractivity contribution is 4.97. The highest BCUT2D eigenvalue weighted by Gasteiger charge is 2.25. The Balaban J connectivity index is 2.06. The van der Waals surface area contributed by atoms with E-state index in [9.17, 15) is 0 Å². The molecule has 0 spiro atoms. The predicted octanol–water partition coefficient (Wildman–Crippen LogP) is 0.943. The molecular weight excluding hydrogens is 200 g/mol. The molecule has 1 aliphatic heterocycles. The summed E-state index contributed by atoms with van der Waals surface area (Å²) < 4.78 is 2.26. The van der Waals surface area contributed by atoms with Crippen LogP contribution in [0.25, 0.3) is 0 Å². The molecule has 0 aliphatic carbocycles. The molecule has 1 unspecified atom stereocenters. The van der Waals surface area contributed by atoms with Crippen LogP contribution < -0.4 is 5.32 Å². The summed E-state index contributed by atoms with van der Waals surface area (Å²) >= 11 is 0. The van der Waals surface area contributed by atoms with Gasteiger partial charge < -0.3 is 9.88 Å². The van der Waals surface area contributed by atoms with Crippen molar-refractivity contribution in [3.63, 3.8) is 0 Å². The summed E-state index contributed by atoms with van der Waals surface area (Å²) in [5.41, 5.74) is 0. The highest BCUT2D eigenvalue weighted by Crippen LogP contribution is 2.17. The number of fused-ring (bicyclic) bond motifs is 1. The molecule has 0 radical (unpaired) electrons. The van der Waals surface area contributed by atoms with Crippen molar-refractivity contribution in [3.8, 4) is 0 Å². The molecule has 4 nitrogen and oxygen atoms in total. The largest absolute Gasteiger partial charge is 0.333 e. The smallest absolute Gasteiger partial charge is 0.122 e. The van der Waals surface area contributed by atoms with Crippen molar-refractivity contribution in [3.05, 3.63) is 18.2 Å². The van der Waals surface area contributed by atoms with Crippen molar-refractivity contribution < 1.29 is 0 Å². The van der Waals surface area contributed by atoms with Crippen LogP contribution in [0.1, 0.15) is 19.7 Å². The van der Waals surface area contributed by atoms with Crippen molar-refractivity contribution >= 4 is 0 Å². The summed E-state index contributed by atoms with van der Waals surface area (Å²) in [4.78, 5) is 6.95. The van der Waals surface area contributed by atoms with Crippen molar-refractivity contribution in [2.45, 2.75) is 33.0 Å². The second-order valence-corrected chi connectivity index (χ2v) is 4.88. The van der Waals surface area contributed by atoms with Gasteiger partial charge in [0.1, 0.15) is 5.82 Å². The van der Waals surface area contributed by atoms with E-state index >= 15 is 0 Å². The number of aromatic nitrogens is 2. The number of hydrogen-bond acceptors (Lipinski definition) is 3. The van der Waals surface area contributed by atoms with E-state index in [2.05, 4.69) is 39.8 Å². The Kier molecular flexibility index (Phi) is 3.61. The predicted molar refractivity (Wildman–Crippen MR) is 65.2 cm³/mol. The third-order valence-corrected chi connectivity index (χ3v) is 3.43. The molecule has 1 aromatic heterocycles. The van der Waals surface area contributed by atoms with Gasteiger partial charge in [0.25, 0.3) is 0 Å². The topological polar surface area (TPSA) is 33.1 Å². The van der Waals surface area contributed by atoms with Gasteiger partial charge in [-0.25, -0.2) is 4.98 Å². The molecule has 0 saturated carbocycles. The first-order valence-electron chi connectivity index (χ1n) is 6.11. The van der Waals surface area contributed by atoms with Gasteiger partial charge in [0.15, 0.2) is 0 Å². The zero-order valence-electron chi connectivity index (χ0n) is 10.5. The van der Waals surface area contributed by atoms with E-state index in [0.29, 0.717) is 12.0 Å². The zero-order valence-corrected chi connectivity index (χ0v) is 10.5. The molecule has 0 amide bonds. The maximum Gasteiger partial charge on any atom is 0.122 e. The second-order valence-electron chi connectivity index (χ2n) is 4.88. The molecule has 1 aliphatic rings. The lowest BCUT2D eigenvalue weighted by Gasteiger charge is -2.37. The van der Waals surface area contributed by atoms with Gasteiger partial charge in [0.2, 0.25) is 0 Å². The molecule has 0 fully saturated rings. The minimum absolute atomic E-state index is 0.607. The van der Waals surface area contributed by atoms with E-state index in [0.717, 1.165) is 26.2 Å². The van der Waals surface area contributed by atoms with Crippen molar-refractivity contribution in [2.24, 2.45) is 5.92 Å². The van der Waals surface area contributed by atoms with Crippen LogP contribution in [-0.2, 0) is 13.1 Å². The fourth-order valence-electron chi connectivity index (χ4n) is 2.47. The monoisotopic (exact) mass is 222 g/mol. The summed E-state index contributed by atoms with van der Waals surface area (Å²) in [6.45, 7) is 8.83. The maximum absolute atomic E-state index is 4.41. The first-order chi connectivity index (χ1) is 7.72. The summed E-state index contributed by atoms with van der Waals surface area (Å²) in [7, 11) is 2.03. The first kappa shape index (κ1) is 11.6. The van der Waals surface area contributed by atoms with Gasteiger partial charge in [-0.05, 0) is 13.0 Å². The molecule has 2 heterocycles.